The van der Waals surface area contributed by atoms with Crippen molar-refractivity contribution < 1.29 is 19.0 Å². The number of hydrogen-bond acceptors (Lipinski definition) is 6. The molecular formula is C13H13FN4O5. The van der Waals surface area contributed by atoms with Gasteiger partial charge in [-0.2, -0.15) is 0 Å². The van der Waals surface area contributed by atoms with Gasteiger partial charge in [-0.25, -0.2) is 14.2 Å². The van der Waals surface area contributed by atoms with E-state index in [2.05, 4.69) is 4.98 Å². The van der Waals surface area contributed by atoms with Crippen molar-refractivity contribution in [3.05, 3.63) is 39.1 Å². The minimum atomic E-state index is -1.36. The van der Waals surface area contributed by atoms with Crippen molar-refractivity contribution in [2.24, 2.45) is 14.1 Å². The zero-order valence-corrected chi connectivity index (χ0v) is 12.3. The fraction of sp³-hybridized carbons (Fsp3) is 0.385. The van der Waals surface area contributed by atoms with E-state index < -0.39 is 41.8 Å². The molecule has 1 N–H and O–H groups in total. The molecule has 0 amide bonds. The van der Waals surface area contributed by atoms with Crippen LogP contribution in [-0.4, -0.2) is 42.3 Å². The molecule has 2 aromatic heterocycles. The van der Waals surface area contributed by atoms with E-state index in [1.54, 1.807) is 0 Å². The van der Waals surface area contributed by atoms with E-state index in [0.29, 0.717) is 0 Å². The lowest BCUT2D eigenvalue weighted by Crippen LogP contribution is -2.38. The molecule has 1 aliphatic rings. The highest BCUT2D eigenvalue weighted by atomic mass is 19.1. The van der Waals surface area contributed by atoms with Gasteiger partial charge in [-0.15, -0.1) is 0 Å². The van der Waals surface area contributed by atoms with E-state index in [-0.39, 0.29) is 11.2 Å². The molecule has 0 aliphatic carbocycles. The molecule has 0 unspecified atom stereocenters. The zero-order chi connectivity index (χ0) is 16.9. The molecular weight excluding hydrogens is 311 g/mol. The fourth-order valence-corrected chi connectivity index (χ4v) is 2.49. The second kappa shape index (κ2) is 5.25. The van der Waals surface area contributed by atoms with E-state index in [4.69, 9.17) is 9.84 Å². The number of halogens is 1. The number of aliphatic hydroxyl groups excluding tert-OH is 1. The average Bonchev–Trinajstić information content (AvgIpc) is 2.98. The van der Waals surface area contributed by atoms with Crippen LogP contribution in [0, 0.1) is 0 Å². The Morgan fingerprint density at radius 2 is 2.00 bits per heavy atom. The van der Waals surface area contributed by atoms with Gasteiger partial charge in [0.2, 0.25) is 5.78 Å². The van der Waals surface area contributed by atoms with Gasteiger partial charge in [-0.1, -0.05) is 0 Å². The highest BCUT2D eigenvalue weighted by Crippen LogP contribution is 2.26. The smallest absolute Gasteiger partial charge is 0.332 e. The lowest BCUT2D eigenvalue weighted by molar-refractivity contribution is -0.140. The predicted molar refractivity (Wildman–Crippen MR) is 75.4 cm³/mol. The maximum absolute atomic E-state index is 13.7. The lowest BCUT2D eigenvalue weighted by Gasteiger charge is -2.25. The Kier molecular flexibility index (Phi) is 3.49. The second-order valence-electron chi connectivity index (χ2n) is 5.11. The van der Waals surface area contributed by atoms with E-state index in [1.165, 1.54) is 29.6 Å². The number of aliphatic hydroxyl groups is 1. The minimum absolute atomic E-state index is 0.00413. The Hall–Kier alpha value is -2.59. The van der Waals surface area contributed by atoms with Crippen LogP contribution >= 0.6 is 0 Å². The molecule has 0 radical (unpaired) electrons. The van der Waals surface area contributed by atoms with E-state index in [9.17, 15) is 18.8 Å². The first kappa shape index (κ1) is 15.3. The van der Waals surface area contributed by atoms with Crippen molar-refractivity contribution in [1.82, 2.24) is 18.7 Å². The molecule has 0 saturated heterocycles. The maximum Gasteiger partial charge on any atom is 0.332 e. The van der Waals surface area contributed by atoms with E-state index >= 15 is 0 Å². The molecule has 0 fully saturated rings. The van der Waals surface area contributed by atoms with Crippen LogP contribution in [0.4, 0.5) is 4.39 Å². The number of hydrogen-bond donors (Lipinski definition) is 1. The summed E-state index contributed by atoms with van der Waals surface area (Å²) in [6.07, 6.45) is -0.361. The van der Waals surface area contributed by atoms with Gasteiger partial charge in [0, 0.05) is 20.2 Å². The third-order valence-electron chi connectivity index (χ3n) is 3.73. The maximum atomic E-state index is 13.7. The summed E-state index contributed by atoms with van der Waals surface area (Å²) < 4.78 is 22.4. The lowest BCUT2D eigenvalue weighted by atomic mass is 10.1. The largest absolute Gasteiger partial charge is 0.393 e. The zero-order valence-electron chi connectivity index (χ0n) is 12.3. The summed E-state index contributed by atoms with van der Waals surface area (Å²) in [7, 11) is 2.75. The van der Waals surface area contributed by atoms with Crippen LogP contribution in [0.15, 0.2) is 27.8 Å². The summed E-state index contributed by atoms with van der Waals surface area (Å²) in [5.74, 6) is -2.02. The fourth-order valence-electron chi connectivity index (χ4n) is 2.49. The van der Waals surface area contributed by atoms with Crippen LogP contribution in [0.3, 0.4) is 0 Å². The SMILES string of the molecule is Cn1c(=O)c2ncn([C@H]3C=C(F)C(=O)[C@@H](CO)O3)c2n(C)c1=O. The average molecular weight is 324 g/mol. The number of ketones is 1. The summed E-state index contributed by atoms with van der Waals surface area (Å²) >= 11 is 0. The molecule has 3 rings (SSSR count). The summed E-state index contributed by atoms with van der Waals surface area (Å²) in [5, 5.41) is 9.11. The van der Waals surface area contributed by atoms with Gasteiger partial charge in [0.05, 0.1) is 12.9 Å². The van der Waals surface area contributed by atoms with Crippen molar-refractivity contribution in [3.63, 3.8) is 0 Å². The van der Waals surface area contributed by atoms with E-state index in [0.717, 1.165) is 10.6 Å². The van der Waals surface area contributed by atoms with Crippen LogP contribution in [0.2, 0.25) is 0 Å². The molecule has 23 heavy (non-hydrogen) atoms. The highest BCUT2D eigenvalue weighted by molar-refractivity contribution is 5.97. The molecule has 0 bridgehead atoms. The quantitative estimate of drug-likeness (QED) is 0.739. The molecule has 1 aliphatic heterocycles. The van der Waals surface area contributed by atoms with Crippen LogP contribution < -0.4 is 11.2 Å². The van der Waals surface area contributed by atoms with Crippen LogP contribution in [0.1, 0.15) is 6.23 Å². The monoisotopic (exact) mass is 324 g/mol. The predicted octanol–water partition coefficient (Wildman–Crippen LogP) is -1.25. The Bertz CT molecular complexity index is 954. The normalized spacial score (nSPS) is 21.7. The third kappa shape index (κ3) is 2.14. The van der Waals surface area contributed by atoms with Crippen LogP contribution in [0.5, 0.6) is 0 Å². The highest BCUT2D eigenvalue weighted by Gasteiger charge is 2.33. The van der Waals surface area contributed by atoms with Crippen LogP contribution in [0.25, 0.3) is 11.2 Å². The molecule has 0 spiro atoms. The number of carbonyl (C=O) groups is 1. The number of aromatic nitrogens is 4. The molecule has 3 heterocycles. The molecule has 2 aromatic rings. The Balaban J connectivity index is 2.25. The molecule has 2 atom stereocenters. The number of rotatable bonds is 2. The number of ether oxygens (including phenoxy) is 1. The number of imidazole rings is 1. The summed E-state index contributed by atoms with van der Waals surface area (Å²) in [6.45, 7) is -0.691. The Morgan fingerprint density at radius 1 is 1.30 bits per heavy atom. The minimum Gasteiger partial charge on any atom is -0.393 e. The van der Waals surface area contributed by atoms with Gasteiger partial charge in [-0.05, 0) is 0 Å². The first-order chi connectivity index (χ1) is 10.9. The van der Waals surface area contributed by atoms with E-state index in [1.807, 2.05) is 0 Å². The number of Topliss-reactive ketones (excluding diaryl/α,β-unsaturated/α-hetero) is 1. The third-order valence-corrected chi connectivity index (χ3v) is 3.73. The first-order valence-electron chi connectivity index (χ1n) is 6.67. The molecule has 0 saturated carbocycles. The van der Waals surface area contributed by atoms with Crippen molar-refractivity contribution in [3.8, 4) is 0 Å². The van der Waals surface area contributed by atoms with Gasteiger partial charge in [0.25, 0.3) is 5.56 Å². The number of aryl methyl sites for hydroxylation is 1. The molecule has 122 valence electrons. The van der Waals surface area contributed by atoms with Crippen molar-refractivity contribution in [1.29, 1.82) is 0 Å². The Morgan fingerprint density at radius 3 is 2.65 bits per heavy atom. The standard InChI is InChI=1S/C13H13FN4O5/c1-16-11-9(12(21)17(2)13(16)22)15-5-18(11)8-3-6(14)10(20)7(4-19)23-8/h3,5,7-8,19H,4H2,1-2H3/t7-,8-/m1/s1. The van der Waals surface area contributed by atoms with Gasteiger partial charge in [-0.3, -0.25) is 23.3 Å². The molecule has 0 aromatic carbocycles. The number of carbonyl (C=O) groups excluding carboxylic acids is 1. The van der Waals surface area contributed by atoms with Gasteiger partial charge < -0.3 is 9.84 Å². The van der Waals surface area contributed by atoms with Gasteiger partial charge in [0.15, 0.2) is 23.2 Å². The summed E-state index contributed by atoms with van der Waals surface area (Å²) in [6, 6.07) is 0. The second-order valence-corrected chi connectivity index (χ2v) is 5.11. The molecule has 10 heteroatoms. The summed E-state index contributed by atoms with van der Waals surface area (Å²) in [4.78, 5) is 39.6. The number of fused-ring (bicyclic) bond motifs is 1. The van der Waals surface area contributed by atoms with Crippen molar-refractivity contribution in [2.75, 3.05) is 6.61 Å². The topological polar surface area (TPSA) is 108 Å². The van der Waals surface area contributed by atoms with Crippen molar-refractivity contribution >= 4 is 16.9 Å². The van der Waals surface area contributed by atoms with Gasteiger partial charge in [0.1, 0.15) is 6.10 Å². The van der Waals surface area contributed by atoms with Gasteiger partial charge >= 0.3 is 5.69 Å². The first-order valence-corrected chi connectivity index (χ1v) is 6.67. The molecule has 9 nitrogen and oxygen atoms in total. The number of nitrogens with zero attached hydrogens (tertiary/aromatic N) is 4. The summed E-state index contributed by atoms with van der Waals surface area (Å²) in [5.41, 5.74) is -1.06. The van der Waals surface area contributed by atoms with Crippen LogP contribution in [-0.2, 0) is 23.6 Å². The van der Waals surface area contributed by atoms with Crippen molar-refractivity contribution in [2.45, 2.75) is 12.3 Å². The Labute approximate surface area is 127 Å².